The van der Waals surface area contributed by atoms with Crippen molar-refractivity contribution in [1.82, 2.24) is 9.80 Å². The minimum absolute atomic E-state index is 0.0267. The summed E-state index contributed by atoms with van der Waals surface area (Å²) in [5.41, 5.74) is 5.55. The van der Waals surface area contributed by atoms with E-state index in [1.165, 1.54) is 0 Å². The second kappa shape index (κ2) is 4.94. The molecule has 4 heteroatoms. The zero-order valence-corrected chi connectivity index (χ0v) is 10.2. The zero-order valence-electron chi connectivity index (χ0n) is 10.2. The molecule has 1 aliphatic heterocycles. The van der Waals surface area contributed by atoms with E-state index in [0.717, 1.165) is 13.0 Å². The SMILES string of the molecule is CC(C)N1CC(C)N(C)C(CCN)C1=O. The van der Waals surface area contributed by atoms with E-state index in [0.29, 0.717) is 12.6 Å². The van der Waals surface area contributed by atoms with Crippen molar-refractivity contribution < 1.29 is 4.79 Å². The molecule has 15 heavy (non-hydrogen) atoms. The van der Waals surface area contributed by atoms with Crippen LogP contribution >= 0.6 is 0 Å². The topological polar surface area (TPSA) is 49.6 Å². The summed E-state index contributed by atoms with van der Waals surface area (Å²) < 4.78 is 0. The van der Waals surface area contributed by atoms with Crippen LogP contribution in [-0.2, 0) is 4.79 Å². The number of hydrogen-bond acceptors (Lipinski definition) is 3. The van der Waals surface area contributed by atoms with Gasteiger partial charge in [-0.1, -0.05) is 0 Å². The van der Waals surface area contributed by atoms with E-state index in [4.69, 9.17) is 5.73 Å². The molecule has 0 aromatic heterocycles. The van der Waals surface area contributed by atoms with E-state index >= 15 is 0 Å². The number of amides is 1. The standard InChI is InChI=1S/C11H23N3O/c1-8(2)14-7-9(3)13(4)10(5-6-12)11(14)15/h8-10H,5-7,12H2,1-4H3. The lowest BCUT2D eigenvalue weighted by Crippen LogP contribution is -2.61. The Bertz CT molecular complexity index is 230. The molecule has 0 radical (unpaired) electrons. The van der Waals surface area contributed by atoms with Crippen molar-refractivity contribution in [3.63, 3.8) is 0 Å². The third-order valence-electron chi connectivity index (χ3n) is 3.28. The van der Waals surface area contributed by atoms with E-state index in [1.54, 1.807) is 0 Å². The van der Waals surface area contributed by atoms with Crippen molar-refractivity contribution in [3.8, 4) is 0 Å². The molecule has 0 aromatic rings. The van der Waals surface area contributed by atoms with Crippen LogP contribution in [-0.4, -0.2) is 54.0 Å². The van der Waals surface area contributed by atoms with Crippen LogP contribution in [0.25, 0.3) is 0 Å². The Hall–Kier alpha value is -0.610. The highest BCUT2D eigenvalue weighted by molar-refractivity contribution is 5.83. The summed E-state index contributed by atoms with van der Waals surface area (Å²) in [6, 6.07) is 0.678. The van der Waals surface area contributed by atoms with Gasteiger partial charge >= 0.3 is 0 Å². The Labute approximate surface area is 92.4 Å². The van der Waals surface area contributed by atoms with Crippen LogP contribution in [0.3, 0.4) is 0 Å². The maximum absolute atomic E-state index is 12.1. The third kappa shape index (κ3) is 2.49. The normalized spacial score (nSPS) is 28.9. The third-order valence-corrected chi connectivity index (χ3v) is 3.28. The summed E-state index contributed by atoms with van der Waals surface area (Å²) in [4.78, 5) is 16.3. The fraction of sp³-hybridized carbons (Fsp3) is 0.909. The van der Waals surface area contributed by atoms with Crippen molar-refractivity contribution in [1.29, 1.82) is 0 Å². The molecule has 1 fully saturated rings. The van der Waals surface area contributed by atoms with E-state index in [2.05, 4.69) is 25.7 Å². The van der Waals surface area contributed by atoms with E-state index in [9.17, 15) is 4.79 Å². The molecule has 0 aliphatic carbocycles. The van der Waals surface area contributed by atoms with Gasteiger partial charge in [0.15, 0.2) is 0 Å². The molecule has 88 valence electrons. The summed E-state index contributed by atoms with van der Waals surface area (Å²) >= 11 is 0. The van der Waals surface area contributed by atoms with Crippen molar-refractivity contribution in [3.05, 3.63) is 0 Å². The molecule has 4 nitrogen and oxygen atoms in total. The second-order valence-electron chi connectivity index (χ2n) is 4.69. The van der Waals surface area contributed by atoms with Crippen LogP contribution in [0, 0.1) is 0 Å². The van der Waals surface area contributed by atoms with Crippen molar-refractivity contribution in [2.24, 2.45) is 5.73 Å². The average molecular weight is 213 g/mol. The largest absolute Gasteiger partial charge is 0.337 e. The van der Waals surface area contributed by atoms with E-state index in [1.807, 2.05) is 11.9 Å². The maximum atomic E-state index is 12.1. The molecule has 1 aliphatic rings. The van der Waals surface area contributed by atoms with Gasteiger partial charge < -0.3 is 10.6 Å². The lowest BCUT2D eigenvalue weighted by atomic mass is 10.0. The molecule has 0 spiro atoms. The Balaban J connectivity index is 2.79. The molecular weight excluding hydrogens is 190 g/mol. The number of carbonyl (C=O) groups excluding carboxylic acids is 1. The Morgan fingerprint density at radius 1 is 1.53 bits per heavy atom. The molecule has 1 heterocycles. The number of nitrogens with two attached hydrogens (primary N) is 1. The quantitative estimate of drug-likeness (QED) is 0.732. The van der Waals surface area contributed by atoms with Crippen LogP contribution in [0.1, 0.15) is 27.2 Å². The Morgan fingerprint density at radius 3 is 2.60 bits per heavy atom. The number of hydrogen-bond donors (Lipinski definition) is 1. The van der Waals surface area contributed by atoms with Crippen LogP contribution in [0.5, 0.6) is 0 Å². The van der Waals surface area contributed by atoms with E-state index < -0.39 is 0 Å². The maximum Gasteiger partial charge on any atom is 0.240 e. The molecule has 2 N–H and O–H groups in total. The first-order valence-corrected chi connectivity index (χ1v) is 5.71. The minimum Gasteiger partial charge on any atom is -0.337 e. The molecule has 0 bridgehead atoms. The van der Waals surface area contributed by atoms with Crippen molar-refractivity contribution in [2.75, 3.05) is 20.1 Å². The van der Waals surface area contributed by atoms with Gasteiger partial charge in [0.2, 0.25) is 5.91 Å². The molecular formula is C11H23N3O. The van der Waals surface area contributed by atoms with Crippen LogP contribution in [0.2, 0.25) is 0 Å². The molecule has 2 unspecified atom stereocenters. The highest BCUT2D eigenvalue weighted by atomic mass is 16.2. The molecule has 2 atom stereocenters. The van der Waals surface area contributed by atoms with Gasteiger partial charge in [-0.2, -0.15) is 0 Å². The number of nitrogens with zero attached hydrogens (tertiary/aromatic N) is 2. The van der Waals surface area contributed by atoms with Crippen molar-refractivity contribution >= 4 is 5.91 Å². The van der Waals surface area contributed by atoms with Gasteiger partial charge in [-0.25, -0.2) is 0 Å². The summed E-state index contributed by atoms with van der Waals surface area (Å²) in [6.07, 6.45) is 0.753. The molecule has 0 saturated carbocycles. The number of likely N-dealkylation sites (N-methyl/N-ethyl adjacent to an activating group) is 1. The highest BCUT2D eigenvalue weighted by Crippen LogP contribution is 2.19. The fourth-order valence-electron chi connectivity index (χ4n) is 2.13. The highest BCUT2D eigenvalue weighted by Gasteiger charge is 2.36. The minimum atomic E-state index is -0.0267. The number of rotatable bonds is 3. The van der Waals surface area contributed by atoms with Gasteiger partial charge in [0.1, 0.15) is 0 Å². The van der Waals surface area contributed by atoms with Crippen LogP contribution in [0.4, 0.5) is 0 Å². The molecule has 1 rings (SSSR count). The lowest BCUT2D eigenvalue weighted by molar-refractivity contribution is -0.145. The van der Waals surface area contributed by atoms with Crippen molar-refractivity contribution in [2.45, 2.75) is 45.3 Å². The predicted molar refractivity (Wildman–Crippen MR) is 61.5 cm³/mol. The second-order valence-corrected chi connectivity index (χ2v) is 4.69. The Morgan fingerprint density at radius 2 is 2.13 bits per heavy atom. The first kappa shape index (κ1) is 12.5. The van der Waals surface area contributed by atoms with E-state index in [-0.39, 0.29) is 18.0 Å². The van der Waals surface area contributed by atoms with Gasteiger partial charge in [-0.15, -0.1) is 0 Å². The Kier molecular flexibility index (Phi) is 4.11. The zero-order chi connectivity index (χ0) is 11.6. The fourth-order valence-corrected chi connectivity index (χ4v) is 2.13. The van der Waals surface area contributed by atoms with Gasteiger partial charge in [-0.3, -0.25) is 9.69 Å². The lowest BCUT2D eigenvalue weighted by Gasteiger charge is -2.44. The van der Waals surface area contributed by atoms with Gasteiger partial charge in [0.25, 0.3) is 0 Å². The monoisotopic (exact) mass is 213 g/mol. The predicted octanol–water partition coefficient (Wildman–Crippen LogP) is 0.275. The summed E-state index contributed by atoms with van der Waals surface area (Å²) in [7, 11) is 2.01. The smallest absolute Gasteiger partial charge is 0.240 e. The first-order valence-electron chi connectivity index (χ1n) is 5.71. The number of carbonyl (C=O) groups is 1. The van der Waals surface area contributed by atoms with Gasteiger partial charge in [-0.05, 0) is 40.8 Å². The molecule has 1 saturated heterocycles. The van der Waals surface area contributed by atoms with Crippen LogP contribution in [0.15, 0.2) is 0 Å². The summed E-state index contributed by atoms with van der Waals surface area (Å²) in [5.74, 6) is 0.232. The molecule has 1 amide bonds. The first-order chi connectivity index (χ1) is 6.99. The average Bonchev–Trinajstić information content (AvgIpc) is 2.18. The molecule has 0 aromatic carbocycles. The summed E-state index contributed by atoms with van der Waals surface area (Å²) in [6.45, 7) is 7.68. The van der Waals surface area contributed by atoms with Gasteiger partial charge in [0, 0.05) is 18.6 Å². The summed E-state index contributed by atoms with van der Waals surface area (Å²) in [5, 5.41) is 0. The van der Waals surface area contributed by atoms with Gasteiger partial charge in [0.05, 0.1) is 6.04 Å². The number of piperazine rings is 1. The van der Waals surface area contributed by atoms with Crippen LogP contribution < -0.4 is 5.73 Å².